The van der Waals surface area contributed by atoms with Crippen LogP contribution in [0, 0.1) is 12.3 Å². The zero-order valence-electron chi connectivity index (χ0n) is 3.80. The summed E-state index contributed by atoms with van der Waals surface area (Å²) in [5.74, 6) is 1.99. The molecular weight excluding hydrogens is 171 g/mol. The van der Waals surface area contributed by atoms with Crippen LogP contribution in [0.15, 0.2) is 0 Å². The number of aliphatic hydroxyl groups excluding tert-OH is 1. The largest absolute Gasteiger partial charge is 0.582 e. The van der Waals surface area contributed by atoms with Gasteiger partial charge in [0, 0.05) is 0 Å². The predicted molar refractivity (Wildman–Crippen MR) is 35.8 cm³/mol. The Morgan fingerprint density at radius 3 is 1.88 bits per heavy atom. The molecule has 0 aromatic rings. The highest BCUT2D eigenvalue weighted by Gasteiger charge is 1.83. The Morgan fingerprint density at radius 1 is 1.75 bits per heavy atom. The van der Waals surface area contributed by atoms with E-state index < -0.39 is 9.60 Å². The van der Waals surface area contributed by atoms with Crippen LogP contribution in [0.3, 0.4) is 0 Å². The van der Waals surface area contributed by atoms with Gasteiger partial charge >= 0.3 is 0 Å². The van der Waals surface area contributed by atoms with Crippen LogP contribution in [0.4, 0.5) is 0 Å². The molecule has 0 aromatic heterocycles. The van der Waals surface area contributed by atoms with E-state index in [1.165, 1.54) is 0 Å². The van der Waals surface area contributed by atoms with Gasteiger partial charge in [-0.15, -0.1) is 6.42 Å². The lowest BCUT2D eigenvalue weighted by molar-refractivity contribution is 0.351. The summed E-state index contributed by atoms with van der Waals surface area (Å²) < 4.78 is 9.09. The van der Waals surface area contributed by atoms with Crippen molar-refractivity contribution in [2.24, 2.45) is 0 Å². The van der Waals surface area contributed by atoms with Crippen LogP contribution in [0.2, 0.25) is 0 Å². The molecule has 0 aliphatic heterocycles. The van der Waals surface area contributed by atoms with Crippen molar-refractivity contribution in [3.8, 4) is 12.3 Å². The highest BCUT2D eigenvalue weighted by molar-refractivity contribution is 8.31. The second-order valence-corrected chi connectivity index (χ2v) is 3.07. The van der Waals surface area contributed by atoms with Crippen molar-refractivity contribution in [1.82, 2.24) is 0 Å². The van der Waals surface area contributed by atoms with Gasteiger partial charge in [0.25, 0.3) is 0 Å². The summed E-state index contributed by atoms with van der Waals surface area (Å²) in [6.45, 7) is -0.153. The van der Waals surface area contributed by atoms with Gasteiger partial charge in [0.2, 0.25) is 0 Å². The highest BCUT2D eigenvalue weighted by atomic mass is 36.0. The molecule has 0 bridgehead atoms. The fourth-order valence-corrected chi connectivity index (χ4v) is 0. The number of rotatable bonds is 0. The van der Waals surface area contributed by atoms with Crippen LogP contribution in [0.5, 0.6) is 0 Å². The molecule has 0 saturated carbocycles. The molecule has 0 fully saturated rings. The summed E-state index contributed by atoms with van der Waals surface area (Å²) >= 11 is 0. The number of aliphatic hydroxyl groups is 1. The maximum atomic E-state index is 9.09. The molecule has 2 nitrogen and oxygen atoms in total. The van der Waals surface area contributed by atoms with Crippen LogP contribution in [0.25, 0.3) is 0 Å². The van der Waals surface area contributed by atoms with Crippen LogP contribution in [-0.2, 0) is 9.60 Å². The molecule has 1 N–H and O–H groups in total. The Morgan fingerprint density at radius 2 is 1.88 bits per heavy atom. The first-order valence-corrected chi connectivity index (χ1v) is 4.24. The third kappa shape index (κ3) is 94.4. The summed E-state index contributed by atoms with van der Waals surface area (Å²) in [4.78, 5) is 0. The fraction of sp³-hybridized carbons (Fsp3) is 0.333. The first kappa shape index (κ1) is 11.2. The fourth-order valence-electron chi connectivity index (χ4n) is 0. The van der Waals surface area contributed by atoms with Gasteiger partial charge in [0.05, 0.1) is 0 Å². The summed E-state index contributed by atoms with van der Waals surface area (Å²) in [5, 5.41) is 7.64. The monoisotopic (exact) mass is 174 g/mol. The van der Waals surface area contributed by atoms with E-state index in [9.17, 15) is 0 Å². The smallest absolute Gasteiger partial charge is 0.198 e. The average Bonchev–Trinajstić information content (AvgIpc) is 1.65. The van der Waals surface area contributed by atoms with Gasteiger partial charge in [-0.3, -0.25) is 0 Å². The van der Waals surface area contributed by atoms with Gasteiger partial charge in [-0.2, -0.15) is 0 Å². The Bertz CT molecular complexity index is 67.4. The maximum absolute atomic E-state index is 9.09. The average molecular weight is 175 g/mol. The molecule has 48 valence electrons. The van der Waals surface area contributed by atoms with E-state index in [-0.39, 0.29) is 6.61 Å². The van der Waals surface area contributed by atoms with Crippen molar-refractivity contribution in [3.63, 3.8) is 0 Å². The second-order valence-electron chi connectivity index (χ2n) is 0.547. The normalized spacial score (nSPS) is 7.00. The maximum Gasteiger partial charge on any atom is 0.198 e. The third-order valence-corrected chi connectivity index (χ3v) is 0.0913. The molecule has 0 spiro atoms. The van der Waals surface area contributed by atoms with E-state index in [2.05, 4.69) is 27.8 Å². The minimum absolute atomic E-state index is 0.153. The van der Waals surface area contributed by atoms with Gasteiger partial charge in [-0.25, -0.2) is 0 Å². The van der Waals surface area contributed by atoms with E-state index in [1.807, 2.05) is 5.92 Å². The summed E-state index contributed by atoms with van der Waals surface area (Å²) in [6, 6.07) is 0. The molecule has 0 aliphatic carbocycles. The number of terminal acetylenes is 1. The number of hydrogen-bond acceptors (Lipinski definition) is 2. The van der Waals surface area contributed by atoms with E-state index in [0.29, 0.717) is 0 Å². The molecule has 8 heavy (non-hydrogen) atoms. The zero-order valence-corrected chi connectivity index (χ0v) is 6.13. The first-order valence-electron chi connectivity index (χ1n) is 1.43. The number of halogens is 2. The Hall–Kier alpha value is 0.410. The number of hydrogen-bond donors (Lipinski definition) is 1. The van der Waals surface area contributed by atoms with Gasteiger partial charge in [-0.1, -0.05) is 5.92 Å². The van der Waals surface area contributed by atoms with Gasteiger partial charge in [0.15, 0.2) is 31.0 Å². The van der Waals surface area contributed by atoms with Crippen molar-refractivity contribution >= 4 is 31.0 Å². The van der Waals surface area contributed by atoms with Gasteiger partial charge in [0.1, 0.15) is 6.61 Å². The lowest BCUT2D eigenvalue weighted by Crippen LogP contribution is -1.64. The van der Waals surface area contributed by atoms with E-state index in [1.54, 1.807) is 0 Å². The molecule has 0 atom stereocenters. The zero-order chi connectivity index (χ0) is 6.99. The topological polar surface area (TPSA) is 43.3 Å². The SMILES string of the molecule is C#CCO.[O-][S+](Cl)Cl. The van der Waals surface area contributed by atoms with Crippen molar-refractivity contribution in [1.29, 1.82) is 0 Å². The lowest BCUT2D eigenvalue weighted by Gasteiger charge is -1.73. The molecular formula is C3H4Cl2O2S. The Labute approximate surface area is 60.0 Å². The molecule has 0 aromatic carbocycles. The Balaban J connectivity index is 0. The molecule has 0 heterocycles. The van der Waals surface area contributed by atoms with Crippen LogP contribution >= 0.6 is 21.4 Å². The second kappa shape index (κ2) is 10.4. The molecule has 0 aliphatic rings. The van der Waals surface area contributed by atoms with Crippen LogP contribution in [-0.4, -0.2) is 16.3 Å². The predicted octanol–water partition coefficient (Wildman–Crippen LogP) is 0.655. The molecule has 0 unspecified atom stereocenters. The molecule has 5 heteroatoms. The summed E-state index contributed by atoms with van der Waals surface area (Å²) in [6.07, 6.45) is 4.53. The minimum atomic E-state index is -1.67. The highest BCUT2D eigenvalue weighted by Crippen LogP contribution is 1.98. The molecule has 0 saturated heterocycles. The molecule has 0 amide bonds. The van der Waals surface area contributed by atoms with Crippen molar-refractivity contribution < 1.29 is 9.66 Å². The van der Waals surface area contributed by atoms with Crippen molar-refractivity contribution in [2.45, 2.75) is 0 Å². The van der Waals surface area contributed by atoms with Gasteiger partial charge < -0.3 is 9.66 Å². The lowest BCUT2D eigenvalue weighted by atomic mass is 10.8. The quantitative estimate of drug-likeness (QED) is 0.434. The Kier molecular flexibility index (Phi) is 14.6. The van der Waals surface area contributed by atoms with E-state index >= 15 is 0 Å². The van der Waals surface area contributed by atoms with Crippen molar-refractivity contribution in [2.75, 3.05) is 6.61 Å². The van der Waals surface area contributed by atoms with Crippen LogP contribution in [0.1, 0.15) is 0 Å². The third-order valence-electron chi connectivity index (χ3n) is 0.0913. The minimum Gasteiger partial charge on any atom is -0.582 e. The van der Waals surface area contributed by atoms with Crippen molar-refractivity contribution in [3.05, 3.63) is 0 Å². The van der Waals surface area contributed by atoms with Gasteiger partial charge in [-0.05, 0) is 0 Å². The molecule has 0 radical (unpaired) electrons. The summed E-state index contributed by atoms with van der Waals surface area (Å²) in [7, 11) is 7.36. The molecule has 0 rings (SSSR count). The summed E-state index contributed by atoms with van der Waals surface area (Å²) in [5.41, 5.74) is 0. The van der Waals surface area contributed by atoms with Crippen LogP contribution < -0.4 is 0 Å². The first-order chi connectivity index (χ1) is 3.65. The van der Waals surface area contributed by atoms with E-state index in [4.69, 9.17) is 9.66 Å². The van der Waals surface area contributed by atoms with E-state index in [0.717, 1.165) is 0 Å². The standard InChI is InChI=1S/C3H4O.Cl2OS/c1-2-3-4;1-4(2)3/h1,4H,3H2;.